The number of amides is 1. The Hall–Kier alpha value is -3.77. The van der Waals surface area contributed by atoms with E-state index in [1.165, 1.54) is 0 Å². The number of nitrogens with zero attached hydrogens (tertiary/aromatic N) is 3. The first-order valence-corrected chi connectivity index (χ1v) is 12.2. The van der Waals surface area contributed by atoms with Crippen LogP contribution in [0.1, 0.15) is 42.5 Å². The standard InChI is InChI=1S/C29H30N4O2/c1-3-26(27-30-25-12-8-7-11-24(25)28(34)31-27)32-17-18-33(20(2)19-32)29(35)23-15-13-22(14-16-23)21-9-5-4-6-10-21/h4-16,20,26H,3,17-19H2,1-2H3,(H,30,31,34). The Morgan fingerprint density at radius 3 is 2.37 bits per heavy atom. The summed E-state index contributed by atoms with van der Waals surface area (Å²) < 4.78 is 0. The van der Waals surface area contributed by atoms with Crippen molar-refractivity contribution in [2.75, 3.05) is 19.6 Å². The van der Waals surface area contributed by atoms with Gasteiger partial charge < -0.3 is 9.88 Å². The Bertz CT molecular complexity index is 1380. The predicted molar refractivity (Wildman–Crippen MR) is 139 cm³/mol. The first-order chi connectivity index (χ1) is 17.0. The number of hydrogen-bond donors (Lipinski definition) is 1. The third-order valence-electron chi connectivity index (χ3n) is 6.93. The molecule has 4 aromatic rings. The van der Waals surface area contributed by atoms with Crippen LogP contribution in [-0.4, -0.2) is 51.4 Å². The van der Waals surface area contributed by atoms with E-state index in [0.29, 0.717) is 28.8 Å². The van der Waals surface area contributed by atoms with Crippen LogP contribution in [0.3, 0.4) is 0 Å². The van der Waals surface area contributed by atoms with Crippen LogP contribution in [0.4, 0.5) is 0 Å². The molecule has 1 aliphatic rings. The van der Waals surface area contributed by atoms with Gasteiger partial charge in [0.2, 0.25) is 0 Å². The summed E-state index contributed by atoms with van der Waals surface area (Å²) >= 11 is 0. The maximum absolute atomic E-state index is 13.3. The van der Waals surface area contributed by atoms with Gasteiger partial charge in [0.05, 0.1) is 16.9 Å². The molecule has 0 aliphatic carbocycles. The normalized spacial score (nSPS) is 17.4. The van der Waals surface area contributed by atoms with Crippen LogP contribution in [-0.2, 0) is 0 Å². The van der Waals surface area contributed by atoms with E-state index in [1.54, 1.807) is 6.07 Å². The van der Waals surface area contributed by atoms with Crippen molar-refractivity contribution in [3.8, 4) is 11.1 Å². The van der Waals surface area contributed by atoms with E-state index in [-0.39, 0.29) is 23.6 Å². The van der Waals surface area contributed by atoms with Gasteiger partial charge in [-0.25, -0.2) is 4.98 Å². The smallest absolute Gasteiger partial charge is 0.258 e. The molecule has 35 heavy (non-hydrogen) atoms. The Balaban J connectivity index is 1.30. The molecule has 5 rings (SSSR count). The highest BCUT2D eigenvalue weighted by Gasteiger charge is 2.32. The number of aromatic amines is 1. The number of rotatable bonds is 5. The lowest BCUT2D eigenvalue weighted by Crippen LogP contribution is -2.54. The van der Waals surface area contributed by atoms with Crippen LogP contribution in [0.15, 0.2) is 83.7 Å². The third-order valence-corrected chi connectivity index (χ3v) is 6.93. The fourth-order valence-electron chi connectivity index (χ4n) is 5.06. The fraction of sp³-hybridized carbons (Fsp3) is 0.276. The largest absolute Gasteiger partial charge is 0.333 e. The van der Waals surface area contributed by atoms with Gasteiger partial charge in [-0.15, -0.1) is 0 Å². The number of carbonyl (C=O) groups is 1. The van der Waals surface area contributed by atoms with Crippen molar-refractivity contribution in [3.63, 3.8) is 0 Å². The topological polar surface area (TPSA) is 69.3 Å². The van der Waals surface area contributed by atoms with Crippen LogP contribution < -0.4 is 5.56 Å². The highest BCUT2D eigenvalue weighted by atomic mass is 16.2. The molecule has 1 aromatic heterocycles. The molecule has 1 amide bonds. The summed E-state index contributed by atoms with van der Waals surface area (Å²) in [5.74, 6) is 0.752. The summed E-state index contributed by atoms with van der Waals surface area (Å²) in [6.07, 6.45) is 0.822. The van der Waals surface area contributed by atoms with E-state index in [0.717, 1.165) is 30.6 Å². The Kier molecular flexibility index (Phi) is 6.47. The van der Waals surface area contributed by atoms with Crippen molar-refractivity contribution in [2.45, 2.75) is 32.4 Å². The molecule has 6 nitrogen and oxygen atoms in total. The number of benzene rings is 3. The van der Waals surface area contributed by atoms with Gasteiger partial charge in [-0.3, -0.25) is 14.5 Å². The number of fused-ring (bicyclic) bond motifs is 1. The molecule has 1 fully saturated rings. The van der Waals surface area contributed by atoms with Gasteiger partial charge in [0.1, 0.15) is 5.82 Å². The zero-order chi connectivity index (χ0) is 24.4. The van der Waals surface area contributed by atoms with Crippen molar-refractivity contribution in [3.05, 3.63) is 101 Å². The molecule has 0 saturated carbocycles. The Morgan fingerprint density at radius 2 is 1.66 bits per heavy atom. The van der Waals surface area contributed by atoms with E-state index in [9.17, 15) is 9.59 Å². The molecule has 1 N–H and O–H groups in total. The summed E-state index contributed by atoms with van der Waals surface area (Å²) in [5, 5.41) is 0.605. The number of nitrogens with one attached hydrogen (secondary N) is 1. The average molecular weight is 467 g/mol. The third kappa shape index (κ3) is 4.62. The number of hydrogen-bond acceptors (Lipinski definition) is 4. The maximum atomic E-state index is 13.3. The summed E-state index contributed by atoms with van der Waals surface area (Å²) in [5.41, 5.74) is 3.55. The van der Waals surface area contributed by atoms with Gasteiger partial charge in [-0.2, -0.15) is 0 Å². The monoisotopic (exact) mass is 466 g/mol. The molecule has 178 valence electrons. The van der Waals surface area contributed by atoms with Gasteiger partial charge >= 0.3 is 0 Å². The molecular weight excluding hydrogens is 436 g/mol. The summed E-state index contributed by atoms with van der Waals surface area (Å²) in [6, 6.07) is 25.5. The second kappa shape index (κ2) is 9.84. The second-order valence-corrected chi connectivity index (χ2v) is 9.18. The van der Waals surface area contributed by atoms with E-state index >= 15 is 0 Å². The first-order valence-electron chi connectivity index (χ1n) is 12.2. The molecule has 2 unspecified atom stereocenters. The van der Waals surface area contributed by atoms with Crippen LogP contribution >= 0.6 is 0 Å². The van der Waals surface area contributed by atoms with Gasteiger partial charge in [0.15, 0.2) is 0 Å². The summed E-state index contributed by atoms with van der Waals surface area (Å²) in [4.78, 5) is 38.0. The van der Waals surface area contributed by atoms with Crippen molar-refractivity contribution < 1.29 is 4.79 Å². The first kappa shape index (κ1) is 23.0. The van der Waals surface area contributed by atoms with E-state index in [4.69, 9.17) is 4.98 Å². The molecule has 1 saturated heterocycles. The predicted octanol–water partition coefficient (Wildman–Crippen LogP) is 4.89. The van der Waals surface area contributed by atoms with Crippen LogP contribution in [0.5, 0.6) is 0 Å². The van der Waals surface area contributed by atoms with Crippen molar-refractivity contribution in [2.24, 2.45) is 0 Å². The van der Waals surface area contributed by atoms with Gasteiger partial charge in [0, 0.05) is 31.2 Å². The lowest BCUT2D eigenvalue weighted by atomic mass is 10.0. The number of para-hydroxylation sites is 1. The highest BCUT2D eigenvalue weighted by molar-refractivity contribution is 5.95. The van der Waals surface area contributed by atoms with Gasteiger partial charge in [0.25, 0.3) is 11.5 Å². The fourth-order valence-corrected chi connectivity index (χ4v) is 5.06. The minimum Gasteiger partial charge on any atom is -0.333 e. The lowest BCUT2D eigenvalue weighted by Gasteiger charge is -2.42. The molecule has 6 heteroatoms. The molecule has 0 radical (unpaired) electrons. The van der Waals surface area contributed by atoms with E-state index < -0.39 is 0 Å². The molecule has 0 spiro atoms. The van der Waals surface area contributed by atoms with Crippen LogP contribution in [0, 0.1) is 0 Å². The number of H-pyrrole nitrogens is 1. The summed E-state index contributed by atoms with van der Waals surface area (Å²) in [7, 11) is 0. The molecular formula is C29H30N4O2. The number of piperazine rings is 1. The quantitative estimate of drug-likeness (QED) is 0.455. The zero-order valence-corrected chi connectivity index (χ0v) is 20.1. The molecule has 0 bridgehead atoms. The van der Waals surface area contributed by atoms with E-state index in [2.05, 4.69) is 35.9 Å². The zero-order valence-electron chi connectivity index (χ0n) is 20.1. The average Bonchev–Trinajstić information content (AvgIpc) is 2.89. The van der Waals surface area contributed by atoms with Gasteiger partial charge in [-0.05, 0) is 48.7 Å². The highest BCUT2D eigenvalue weighted by Crippen LogP contribution is 2.26. The molecule has 1 aliphatic heterocycles. The van der Waals surface area contributed by atoms with Crippen LogP contribution in [0.25, 0.3) is 22.0 Å². The minimum atomic E-state index is -0.107. The number of carbonyl (C=O) groups excluding carboxylic acids is 1. The second-order valence-electron chi connectivity index (χ2n) is 9.18. The SMILES string of the molecule is CCC(c1nc2ccccc2c(=O)[nH]1)N1CCN(C(=O)c2ccc(-c3ccccc3)cc2)C(C)C1. The van der Waals surface area contributed by atoms with E-state index in [1.807, 2.05) is 65.6 Å². The minimum absolute atomic E-state index is 0.00263. The maximum Gasteiger partial charge on any atom is 0.258 e. The lowest BCUT2D eigenvalue weighted by molar-refractivity contribution is 0.0368. The molecule has 3 aromatic carbocycles. The van der Waals surface area contributed by atoms with Crippen molar-refractivity contribution in [1.29, 1.82) is 0 Å². The Labute approximate surface area is 205 Å². The molecule has 2 heterocycles. The number of aromatic nitrogens is 2. The van der Waals surface area contributed by atoms with Gasteiger partial charge in [-0.1, -0.05) is 61.5 Å². The van der Waals surface area contributed by atoms with Crippen molar-refractivity contribution >= 4 is 16.8 Å². The Morgan fingerprint density at radius 1 is 0.971 bits per heavy atom. The molecule has 2 atom stereocenters. The van der Waals surface area contributed by atoms with Crippen molar-refractivity contribution in [1.82, 2.24) is 19.8 Å². The summed E-state index contributed by atoms with van der Waals surface area (Å²) in [6.45, 7) is 6.28. The van der Waals surface area contributed by atoms with Crippen LogP contribution in [0.2, 0.25) is 0 Å².